The number of hydrogen-bond donors (Lipinski definition) is 1. The third-order valence-corrected chi connectivity index (χ3v) is 7.21. The average molecular weight is 488 g/mol. The van der Waals surface area contributed by atoms with Crippen molar-refractivity contribution in [2.75, 3.05) is 32.8 Å². The Bertz CT molecular complexity index is 719. The summed E-state index contributed by atoms with van der Waals surface area (Å²) in [6, 6.07) is 8.17. The van der Waals surface area contributed by atoms with Gasteiger partial charge in [0.25, 0.3) is 0 Å². The minimum Gasteiger partial charge on any atom is -0.450 e. The van der Waals surface area contributed by atoms with E-state index in [9.17, 15) is 4.79 Å². The molecule has 0 saturated heterocycles. The number of nitrogens with one attached hydrogen (secondary N) is 1. The molecule has 4 nitrogen and oxygen atoms in total. The van der Waals surface area contributed by atoms with Gasteiger partial charge in [0.2, 0.25) is 0 Å². The van der Waals surface area contributed by atoms with E-state index in [2.05, 4.69) is 38.7 Å². The lowest BCUT2D eigenvalue weighted by molar-refractivity contribution is -0.929. The molecule has 1 rings (SSSR count). The van der Waals surface area contributed by atoms with E-state index in [4.69, 9.17) is 4.74 Å². The first-order valence-corrected chi connectivity index (χ1v) is 14.3. The molecular formula is C31H55N2O2+. The number of amides is 1. The van der Waals surface area contributed by atoms with Gasteiger partial charge in [-0.05, 0) is 82.9 Å². The fraction of sp³-hybridized carbons (Fsp3) is 0.710. The van der Waals surface area contributed by atoms with Gasteiger partial charge in [-0.3, -0.25) is 0 Å². The lowest BCUT2D eigenvalue weighted by Gasteiger charge is -2.39. The lowest BCUT2D eigenvalue weighted by atomic mass is 9.92. The fourth-order valence-corrected chi connectivity index (χ4v) is 4.76. The van der Waals surface area contributed by atoms with Gasteiger partial charge in [-0.15, -0.1) is 0 Å². The maximum atomic E-state index is 12.4. The van der Waals surface area contributed by atoms with Crippen LogP contribution in [0.2, 0.25) is 0 Å². The number of alkyl carbamates (subject to hydrolysis) is 1. The Hall–Kier alpha value is -1.81. The number of carbonyl (C=O) groups is 1. The van der Waals surface area contributed by atoms with Gasteiger partial charge < -0.3 is 14.5 Å². The highest BCUT2D eigenvalue weighted by Crippen LogP contribution is 2.24. The van der Waals surface area contributed by atoms with Crippen LogP contribution in [0.25, 0.3) is 5.57 Å². The maximum absolute atomic E-state index is 12.4. The molecule has 0 saturated carbocycles. The monoisotopic (exact) mass is 487 g/mol. The van der Waals surface area contributed by atoms with Crippen molar-refractivity contribution in [2.45, 2.75) is 111 Å². The average Bonchev–Trinajstić information content (AvgIpc) is 2.83. The second-order valence-electron chi connectivity index (χ2n) is 11.0. The molecular weight excluding hydrogens is 432 g/mol. The minimum atomic E-state index is -0.501. The second kappa shape index (κ2) is 16.8. The molecule has 0 aliphatic heterocycles. The standard InChI is InChI=1S/C31H54N2O2/c1-8-11-21-33(22-12-9-2,23-13-10-3)24-16-14-15-17-25-35-30(34)32-31(6,7)29-20-18-19-28(26-29)27(4)5/h18-20,26H,4,8-17,21-25H2,1-3,5-7H3/p+1. The van der Waals surface area contributed by atoms with Gasteiger partial charge in [-0.25, -0.2) is 4.79 Å². The van der Waals surface area contributed by atoms with Crippen molar-refractivity contribution < 1.29 is 14.0 Å². The van der Waals surface area contributed by atoms with E-state index < -0.39 is 5.54 Å². The van der Waals surface area contributed by atoms with Gasteiger partial charge in [0.1, 0.15) is 0 Å². The highest BCUT2D eigenvalue weighted by Gasteiger charge is 2.25. The van der Waals surface area contributed by atoms with Crippen LogP contribution >= 0.6 is 0 Å². The van der Waals surface area contributed by atoms with Crippen molar-refractivity contribution in [1.82, 2.24) is 5.32 Å². The lowest BCUT2D eigenvalue weighted by Crippen LogP contribution is -2.50. The largest absolute Gasteiger partial charge is 0.450 e. The van der Waals surface area contributed by atoms with Crippen molar-refractivity contribution in [3.63, 3.8) is 0 Å². The first-order chi connectivity index (χ1) is 16.7. The summed E-state index contributed by atoms with van der Waals surface area (Å²) in [5.41, 5.74) is 2.65. The third-order valence-electron chi connectivity index (χ3n) is 7.21. The molecule has 1 N–H and O–H groups in total. The van der Waals surface area contributed by atoms with Crippen molar-refractivity contribution in [3.8, 4) is 0 Å². The zero-order chi connectivity index (χ0) is 26.2. The molecule has 4 heteroatoms. The molecule has 35 heavy (non-hydrogen) atoms. The number of rotatable bonds is 19. The maximum Gasteiger partial charge on any atom is 0.407 e. The van der Waals surface area contributed by atoms with Crippen molar-refractivity contribution >= 4 is 11.7 Å². The van der Waals surface area contributed by atoms with Gasteiger partial charge in [0.15, 0.2) is 0 Å². The van der Waals surface area contributed by atoms with Gasteiger partial charge in [0, 0.05) is 0 Å². The molecule has 0 aromatic heterocycles. The van der Waals surface area contributed by atoms with Crippen LogP contribution in [0.5, 0.6) is 0 Å². The first kappa shape index (κ1) is 31.2. The fourth-order valence-electron chi connectivity index (χ4n) is 4.76. The number of unbranched alkanes of at least 4 members (excludes halogenated alkanes) is 6. The Morgan fingerprint density at radius 3 is 1.97 bits per heavy atom. The molecule has 0 aliphatic rings. The Morgan fingerprint density at radius 1 is 0.886 bits per heavy atom. The van der Waals surface area contributed by atoms with E-state index in [0.29, 0.717) is 6.61 Å². The molecule has 200 valence electrons. The number of carbonyl (C=O) groups excluding carboxylic acids is 1. The SMILES string of the molecule is C=C(C)c1cccc(C(C)(C)NC(=O)OCCCCCC[N+](CCCC)(CCCC)CCCC)c1. The summed E-state index contributed by atoms with van der Waals surface area (Å²) in [4.78, 5) is 12.4. The predicted molar refractivity (Wildman–Crippen MR) is 152 cm³/mol. The number of quaternary nitrogens is 1. The number of hydrogen-bond acceptors (Lipinski definition) is 2. The van der Waals surface area contributed by atoms with Crippen LogP contribution in [0, 0.1) is 0 Å². The summed E-state index contributed by atoms with van der Waals surface area (Å²) in [7, 11) is 0. The summed E-state index contributed by atoms with van der Waals surface area (Å²) in [6.45, 7) is 22.8. The molecule has 0 unspecified atom stereocenters. The van der Waals surface area contributed by atoms with Crippen molar-refractivity contribution in [3.05, 3.63) is 42.0 Å². The van der Waals surface area contributed by atoms with Crippen molar-refractivity contribution in [2.24, 2.45) is 0 Å². The quantitative estimate of drug-likeness (QED) is 0.157. The number of ether oxygens (including phenoxy) is 1. The van der Waals surface area contributed by atoms with Crippen LogP contribution in [0.1, 0.15) is 117 Å². The summed E-state index contributed by atoms with van der Waals surface area (Å²) < 4.78 is 6.83. The van der Waals surface area contributed by atoms with E-state index >= 15 is 0 Å². The van der Waals surface area contributed by atoms with E-state index in [1.54, 1.807) is 0 Å². The summed E-state index contributed by atoms with van der Waals surface area (Å²) >= 11 is 0. The zero-order valence-electron chi connectivity index (χ0n) is 23.9. The number of allylic oxidation sites excluding steroid dienone is 1. The zero-order valence-corrected chi connectivity index (χ0v) is 23.9. The van der Waals surface area contributed by atoms with Gasteiger partial charge >= 0.3 is 6.09 Å². The predicted octanol–water partition coefficient (Wildman–Crippen LogP) is 8.46. The Morgan fingerprint density at radius 2 is 1.43 bits per heavy atom. The van der Waals surface area contributed by atoms with Gasteiger partial charge in [0.05, 0.1) is 38.3 Å². The summed E-state index contributed by atoms with van der Waals surface area (Å²) in [6.07, 6.45) is 12.1. The molecule has 1 aromatic rings. The molecule has 0 spiro atoms. The minimum absolute atomic E-state index is 0.342. The van der Waals surface area contributed by atoms with Crippen LogP contribution < -0.4 is 5.32 Å². The van der Waals surface area contributed by atoms with Crippen LogP contribution in [-0.2, 0) is 10.3 Å². The first-order valence-electron chi connectivity index (χ1n) is 14.3. The van der Waals surface area contributed by atoms with Gasteiger partial charge in [-0.1, -0.05) is 70.4 Å². The number of benzene rings is 1. The summed E-state index contributed by atoms with van der Waals surface area (Å²) in [5, 5.41) is 3.03. The smallest absolute Gasteiger partial charge is 0.407 e. The van der Waals surface area contributed by atoms with E-state index in [1.165, 1.54) is 82.0 Å². The Labute approximate surface area is 217 Å². The van der Waals surface area contributed by atoms with Crippen LogP contribution in [0.3, 0.4) is 0 Å². The van der Waals surface area contributed by atoms with Crippen molar-refractivity contribution in [1.29, 1.82) is 0 Å². The van der Waals surface area contributed by atoms with Crippen LogP contribution in [-0.4, -0.2) is 43.4 Å². The molecule has 0 heterocycles. The molecule has 0 aliphatic carbocycles. The molecule has 1 amide bonds. The highest BCUT2D eigenvalue weighted by molar-refractivity contribution is 5.69. The number of nitrogens with zero attached hydrogens (tertiary/aromatic N) is 1. The van der Waals surface area contributed by atoms with E-state index in [0.717, 1.165) is 29.5 Å². The van der Waals surface area contributed by atoms with Gasteiger partial charge in [-0.2, -0.15) is 0 Å². The van der Waals surface area contributed by atoms with E-state index in [-0.39, 0.29) is 6.09 Å². The molecule has 0 bridgehead atoms. The molecule has 0 atom stereocenters. The highest BCUT2D eigenvalue weighted by atomic mass is 16.5. The normalized spacial score (nSPS) is 11.9. The third kappa shape index (κ3) is 12.1. The summed E-state index contributed by atoms with van der Waals surface area (Å²) in [5.74, 6) is 0. The van der Waals surface area contributed by atoms with Crippen LogP contribution in [0.15, 0.2) is 30.8 Å². The Balaban J connectivity index is 2.41. The topological polar surface area (TPSA) is 38.3 Å². The molecule has 0 fully saturated rings. The second-order valence-corrected chi connectivity index (χ2v) is 11.0. The molecule has 1 aromatic carbocycles. The Kier molecular flexibility index (Phi) is 15.0. The van der Waals surface area contributed by atoms with Crippen LogP contribution in [0.4, 0.5) is 4.79 Å². The molecule has 0 radical (unpaired) electrons. The van der Waals surface area contributed by atoms with E-state index in [1.807, 2.05) is 39.0 Å².